The van der Waals surface area contributed by atoms with Gasteiger partial charge in [-0.05, 0) is 30.3 Å². The fourth-order valence-corrected chi connectivity index (χ4v) is 2.40. The number of H-pyrrole nitrogens is 1. The van der Waals surface area contributed by atoms with E-state index in [-0.39, 0.29) is 5.56 Å². The zero-order valence-corrected chi connectivity index (χ0v) is 11.9. The first-order chi connectivity index (χ1) is 10.1. The van der Waals surface area contributed by atoms with Gasteiger partial charge in [-0.15, -0.1) is 0 Å². The molecule has 0 aliphatic heterocycles. The zero-order chi connectivity index (χ0) is 15.0. The number of methoxy groups -OCH3 is 1. The summed E-state index contributed by atoms with van der Waals surface area (Å²) < 4.78 is 19.0. The number of aromatic amines is 1. The number of carbonyl (C=O) groups excluding carboxylic acids is 1. The Labute approximate surface area is 125 Å². The fourth-order valence-electron chi connectivity index (χ4n) is 2.23. The van der Waals surface area contributed by atoms with Gasteiger partial charge in [0.15, 0.2) is 5.78 Å². The van der Waals surface area contributed by atoms with Crippen molar-refractivity contribution in [2.45, 2.75) is 0 Å². The van der Waals surface area contributed by atoms with Gasteiger partial charge >= 0.3 is 0 Å². The Balaban J connectivity index is 2.10. The number of aromatic nitrogens is 1. The molecule has 1 N–H and O–H groups in total. The number of hydrogen-bond donors (Lipinski definition) is 1. The van der Waals surface area contributed by atoms with E-state index in [1.165, 1.54) is 19.2 Å². The van der Waals surface area contributed by atoms with Crippen LogP contribution in [-0.2, 0) is 0 Å². The van der Waals surface area contributed by atoms with Crippen LogP contribution in [0, 0.1) is 5.82 Å². The number of nitrogens with one attached hydrogen (secondary N) is 1. The molecule has 106 valence electrons. The average Bonchev–Trinajstić information content (AvgIpc) is 2.89. The van der Waals surface area contributed by atoms with E-state index in [4.69, 9.17) is 16.3 Å². The largest absolute Gasteiger partial charge is 0.497 e. The molecular formula is C16H11ClFNO2. The highest BCUT2D eigenvalue weighted by atomic mass is 35.5. The van der Waals surface area contributed by atoms with Crippen LogP contribution < -0.4 is 4.74 Å². The van der Waals surface area contributed by atoms with E-state index in [1.54, 1.807) is 30.5 Å². The van der Waals surface area contributed by atoms with Crippen LogP contribution in [-0.4, -0.2) is 17.9 Å². The molecule has 0 radical (unpaired) electrons. The molecule has 3 rings (SSSR count). The lowest BCUT2D eigenvalue weighted by molar-refractivity contribution is 0.103. The number of rotatable bonds is 3. The molecule has 0 amide bonds. The summed E-state index contributed by atoms with van der Waals surface area (Å²) in [5, 5.41) is 1.19. The molecule has 21 heavy (non-hydrogen) atoms. The van der Waals surface area contributed by atoms with E-state index >= 15 is 0 Å². The van der Waals surface area contributed by atoms with Crippen molar-refractivity contribution in [2.75, 3.05) is 7.11 Å². The van der Waals surface area contributed by atoms with Crippen molar-refractivity contribution in [2.24, 2.45) is 0 Å². The zero-order valence-electron chi connectivity index (χ0n) is 11.1. The minimum atomic E-state index is -0.615. The lowest BCUT2D eigenvalue weighted by atomic mass is 10.0. The van der Waals surface area contributed by atoms with Crippen molar-refractivity contribution < 1.29 is 13.9 Å². The summed E-state index contributed by atoms with van der Waals surface area (Å²) in [6, 6.07) is 9.34. The highest BCUT2D eigenvalue weighted by Gasteiger charge is 2.18. The Hall–Kier alpha value is -2.33. The highest BCUT2D eigenvalue weighted by molar-refractivity contribution is 6.31. The first kappa shape index (κ1) is 13.6. The standard InChI is InChI=1S/C16H11ClFNO2/c1-21-10-3-4-11(14(18)7-10)16(20)13-8-19-15-5-2-9(17)6-12(13)15/h2-8,19H,1H3. The van der Waals surface area contributed by atoms with E-state index < -0.39 is 11.6 Å². The molecule has 3 aromatic rings. The van der Waals surface area contributed by atoms with Crippen molar-refractivity contribution in [3.05, 3.63) is 64.6 Å². The molecule has 0 aliphatic rings. The SMILES string of the molecule is COc1ccc(C(=O)c2c[nH]c3ccc(Cl)cc23)c(F)c1. The molecule has 0 bridgehead atoms. The third kappa shape index (κ3) is 2.38. The van der Waals surface area contributed by atoms with Crippen molar-refractivity contribution >= 4 is 28.3 Å². The summed E-state index contributed by atoms with van der Waals surface area (Å²) in [7, 11) is 1.44. The normalized spacial score (nSPS) is 10.8. The molecular weight excluding hydrogens is 293 g/mol. The number of fused-ring (bicyclic) bond motifs is 1. The van der Waals surface area contributed by atoms with Crippen LogP contribution in [0.15, 0.2) is 42.6 Å². The van der Waals surface area contributed by atoms with Crippen molar-refractivity contribution in [3.8, 4) is 5.75 Å². The topological polar surface area (TPSA) is 42.1 Å². The van der Waals surface area contributed by atoms with Gasteiger partial charge in [0.2, 0.25) is 0 Å². The van der Waals surface area contributed by atoms with E-state index in [1.807, 2.05) is 0 Å². The Kier molecular flexibility index (Phi) is 3.39. The van der Waals surface area contributed by atoms with Crippen LogP contribution in [0.3, 0.4) is 0 Å². The number of ether oxygens (including phenoxy) is 1. The molecule has 2 aromatic carbocycles. The predicted molar refractivity (Wildman–Crippen MR) is 79.7 cm³/mol. The van der Waals surface area contributed by atoms with Gasteiger partial charge < -0.3 is 9.72 Å². The predicted octanol–water partition coefficient (Wildman–Crippen LogP) is 4.20. The first-order valence-corrected chi connectivity index (χ1v) is 6.63. The highest BCUT2D eigenvalue weighted by Crippen LogP contribution is 2.26. The van der Waals surface area contributed by atoms with Crippen molar-refractivity contribution in [1.29, 1.82) is 0 Å². The Morgan fingerprint density at radius 3 is 2.71 bits per heavy atom. The molecule has 0 aliphatic carbocycles. The number of halogens is 2. The number of hydrogen-bond acceptors (Lipinski definition) is 2. The van der Waals surface area contributed by atoms with Crippen LogP contribution in [0.4, 0.5) is 4.39 Å². The van der Waals surface area contributed by atoms with Gasteiger partial charge in [0, 0.05) is 33.8 Å². The number of benzene rings is 2. The molecule has 0 fully saturated rings. The Morgan fingerprint density at radius 1 is 1.19 bits per heavy atom. The molecule has 0 saturated heterocycles. The van der Waals surface area contributed by atoms with Crippen LogP contribution >= 0.6 is 11.6 Å². The van der Waals surface area contributed by atoms with Gasteiger partial charge in [-0.25, -0.2) is 4.39 Å². The van der Waals surface area contributed by atoms with Crippen LogP contribution in [0.1, 0.15) is 15.9 Å². The maximum atomic E-state index is 14.0. The third-order valence-electron chi connectivity index (χ3n) is 3.31. The molecule has 3 nitrogen and oxygen atoms in total. The minimum Gasteiger partial charge on any atom is -0.497 e. The Bertz CT molecular complexity index is 841. The van der Waals surface area contributed by atoms with Gasteiger partial charge in [0.05, 0.1) is 12.7 Å². The van der Waals surface area contributed by atoms with Crippen LogP contribution in [0.25, 0.3) is 10.9 Å². The van der Waals surface area contributed by atoms with E-state index in [2.05, 4.69) is 4.98 Å². The molecule has 1 aromatic heterocycles. The second-order valence-corrected chi connectivity index (χ2v) is 5.00. The van der Waals surface area contributed by atoms with Gasteiger partial charge in [0.1, 0.15) is 11.6 Å². The second kappa shape index (κ2) is 5.22. The lowest BCUT2D eigenvalue weighted by Gasteiger charge is -2.04. The monoisotopic (exact) mass is 303 g/mol. The first-order valence-electron chi connectivity index (χ1n) is 6.25. The molecule has 0 atom stereocenters. The molecule has 0 saturated carbocycles. The van der Waals surface area contributed by atoms with E-state index in [0.29, 0.717) is 21.7 Å². The number of carbonyl (C=O) groups is 1. The summed E-state index contributed by atoms with van der Waals surface area (Å²) in [6.45, 7) is 0. The Morgan fingerprint density at radius 2 is 2.00 bits per heavy atom. The van der Waals surface area contributed by atoms with Gasteiger partial charge in [0.25, 0.3) is 0 Å². The summed E-state index contributed by atoms with van der Waals surface area (Å²) >= 11 is 5.95. The summed E-state index contributed by atoms with van der Waals surface area (Å²) in [5.74, 6) is -0.648. The van der Waals surface area contributed by atoms with Gasteiger partial charge in [-0.1, -0.05) is 11.6 Å². The lowest BCUT2D eigenvalue weighted by Crippen LogP contribution is -2.04. The summed E-state index contributed by atoms with van der Waals surface area (Å²) in [5.41, 5.74) is 1.16. The molecule has 0 unspecified atom stereocenters. The molecule has 5 heteroatoms. The van der Waals surface area contributed by atoms with Crippen LogP contribution in [0.5, 0.6) is 5.75 Å². The maximum absolute atomic E-state index is 14.0. The average molecular weight is 304 g/mol. The quantitative estimate of drug-likeness (QED) is 0.737. The second-order valence-electron chi connectivity index (χ2n) is 4.57. The summed E-state index contributed by atoms with van der Waals surface area (Å²) in [6.07, 6.45) is 1.56. The van der Waals surface area contributed by atoms with Crippen molar-refractivity contribution in [3.63, 3.8) is 0 Å². The summed E-state index contributed by atoms with van der Waals surface area (Å²) in [4.78, 5) is 15.5. The molecule has 1 heterocycles. The fraction of sp³-hybridized carbons (Fsp3) is 0.0625. The molecule has 0 spiro atoms. The van der Waals surface area contributed by atoms with Gasteiger partial charge in [-0.2, -0.15) is 0 Å². The number of ketones is 1. The van der Waals surface area contributed by atoms with Gasteiger partial charge in [-0.3, -0.25) is 4.79 Å². The van der Waals surface area contributed by atoms with Crippen LogP contribution in [0.2, 0.25) is 5.02 Å². The van der Waals surface area contributed by atoms with E-state index in [9.17, 15) is 9.18 Å². The van der Waals surface area contributed by atoms with Crippen molar-refractivity contribution in [1.82, 2.24) is 4.98 Å². The maximum Gasteiger partial charge on any atom is 0.198 e. The third-order valence-corrected chi connectivity index (χ3v) is 3.54. The van der Waals surface area contributed by atoms with E-state index in [0.717, 1.165) is 5.52 Å². The smallest absolute Gasteiger partial charge is 0.198 e. The minimum absolute atomic E-state index is 0.00308.